The van der Waals surface area contributed by atoms with Gasteiger partial charge in [-0.25, -0.2) is 4.79 Å². The maximum Gasteiger partial charge on any atom is 0.315 e. The Labute approximate surface area is 134 Å². The molecule has 1 heterocycles. The van der Waals surface area contributed by atoms with Crippen LogP contribution in [0, 0.1) is 23.2 Å². The van der Waals surface area contributed by atoms with Gasteiger partial charge in [-0.3, -0.25) is 0 Å². The lowest BCUT2D eigenvalue weighted by atomic mass is 9.48. The third-order valence-corrected chi connectivity index (χ3v) is 7.93. The summed E-state index contributed by atoms with van der Waals surface area (Å²) in [5, 5.41) is 0. The number of hydrogen-bond acceptors (Lipinski definition) is 1. The first-order valence-electron chi connectivity index (χ1n) is 9.23. The summed E-state index contributed by atoms with van der Waals surface area (Å²) in [5.41, 5.74) is 7.90. The highest BCUT2D eigenvalue weighted by Gasteiger charge is 2.58. The second kappa shape index (κ2) is 4.75. The topological polar surface area (TPSA) is 46.3 Å². The summed E-state index contributed by atoms with van der Waals surface area (Å²) in [5.74, 6) is 2.29. The number of rotatable bonds is 0. The quantitative estimate of drug-likeness (QED) is 0.673. The molecular weight excluding hydrogens is 272 g/mol. The Morgan fingerprint density at radius 1 is 1.23 bits per heavy atom. The van der Waals surface area contributed by atoms with Crippen LogP contribution in [0.3, 0.4) is 0 Å². The van der Waals surface area contributed by atoms with Crippen molar-refractivity contribution < 1.29 is 4.79 Å². The first-order chi connectivity index (χ1) is 10.5. The van der Waals surface area contributed by atoms with E-state index in [1.54, 1.807) is 5.57 Å². The number of likely N-dealkylation sites (tertiary alicyclic amines) is 1. The molecule has 1 aliphatic heterocycles. The van der Waals surface area contributed by atoms with E-state index in [1.165, 1.54) is 38.5 Å². The standard InChI is InChI=1S/C19H30N2O/c1-18-10-4-3-5-13(18)6-7-14-15(18)8-11-19(2)16(14)9-12-21(19)17(20)22/h5,14-16H,3-4,6-12H2,1-2H3,(H2,20,22)/t14-,15-,16+,18+,19+/m1/s1. The molecule has 3 heteroatoms. The smallest absolute Gasteiger partial charge is 0.315 e. The maximum absolute atomic E-state index is 11.9. The van der Waals surface area contributed by atoms with E-state index >= 15 is 0 Å². The summed E-state index contributed by atoms with van der Waals surface area (Å²) >= 11 is 0. The highest BCUT2D eigenvalue weighted by atomic mass is 16.2. The molecule has 3 fully saturated rings. The summed E-state index contributed by atoms with van der Waals surface area (Å²) in [6.07, 6.45) is 12.8. The molecule has 1 saturated heterocycles. The van der Waals surface area contributed by atoms with Crippen LogP contribution in [-0.4, -0.2) is 23.0 Å². The SMILES string of the molecule is C[C@]12CCCC=C1CC[C@@H]1[C@H]2CC[C@@]2(C)[C@H]1CCN2C(N)=O. The van der Waals surface area contributed by atoms with Crippen LogP contribution in [0.2, 0.25) is 0 Å². The van der Waals surface area contributed by atoms with Crippen LogP contribution in [0.25, 0.3) is 0 Å². The molecule has 5 atom stereocenters. The van der Waals surface area contributed by atoms with Crippen LogP contribution >= 0.6 is 0 Å². The van der Waals surface area contributed by atoms with Gasteiger partial charge in [0, 0.05) is 12.1 Å². The third-order valence-electron chi connectivity index (χ3n) is 7.93. The van der Waals surface area contributed by atoms with Crippen LogP contribution in [0.1, 0.15) is 65.2 Å². The molecule has 0 radical (unpaired) electrons. The summed E-state index contributed by atoms with van der Waals surface area (Å²) in [6.45, 7) is 5.72. The fourth-order valence-electron chi connectivity index (χ4n) is 6.80. The molecule has 2 N–H and O–H groups in total. The van der Waals surface area contributed by atoms with E-state index in [9.17, 15) is 4.79 Å². The molecule has 0 spiro atoms. The second-order valence-electron chi connectivity index (χ2n) is 8.63. The van der Waals surface area contributed by atoms with Crippen molar-refractivity contribution in [1.82, 2.24) is 4.90 Å². The van der Waals surface area contributed by atoms with Crippen LogP contribution in [0.5, 0.6) is 0 Å². The number of urea groups is 1. The Morgan fingerprint density at radius 2 is 2.05 bits per heavy atom. The fraction of sp³-hybridized carbons (Fsp3) is 0.842. The zero-order valence-corrected chi connectivity index (χ0v) is 14.1. The van der Waals surface area contributed by atoms with E-state index in [4.69, 9.17) is 5.73 Å². The molecule has 22 heavy (non-hydrogen) atoms. The zero-order chi connectivity index (χ0) is 15.5. The number of nitrogens with zero attached hydrogens (tertiary/aromatic N) is 1. The second-order valence-corrected chi connectivity index (χ2v) is 8.63. The Bertz CT molecular complexity index is 528. The van der Waals surface area contributed by atoms with Crippen molar-refractivity contribution in [3.05, 3.63) is 11.6 Å². The van der Waals surface area contributed by atoms with Crippen molar-refractivity contribution in [3.63, 3.8) is 0 Å². The summed E-state index contributed by atoms with van der Waals surface area (Å²) in [7, 11) is 0. The Hall–Kier alpha value is -0.990. The van der Waals surface area contributed by atoms with E-state index in [-0.39, 0.29) is 11.6 Å². The Kier molecular flexibility index (Phi) is 3.15. The highest BCUT2D eigenvalue weighted by Crippen LogP contribution is 2.62. The van der Waals surface area contributed by atoms with Gasteiger partial charge in [-0.1, -0.05) is 18.6 Å². The van der Waals surface area contributed by atoms with Crippen molar-refractivity contribution in [2.75, 3.05) is 6.54 Å². The molecule has 0 aromatic carbocycles. The first kappa shape index (κ1) is 14.6. The van der Waals surface area contributed by atoms with E-state index in [2.05, 4.69) is 19.9 Å². The van der Waals surface area contributed by atoms with Crippen molar-refractivity contribution in [1.29, 1.82) is 0 Å². The molecule has 0 bridgehead atoms. The molecule has 0 aromatic rings. The van der Waals surface area contributed by atoms with Crippen LogP contribution < -0.4 is 5.73 Å². The average Bonchev–Trinajstić information content (AvgIpc) is 2.84. The molecule has 0 unspecified atom stereocenters. The van der Waals surface area contributed by atoms with E-state index in [0.29, 0.717) is 11.3 Å². The average molecular weight is 302 g/mol. The molecule has 2 amide bonds. The highest BCUT2D eigenvalue weighted by molar-refractivity contribution is 5.73. The summed E-state index contributed by atoms with van der Waals surface area (Å²) < 4.78 is 0. The molecule has 4 rings (SSSR count). The lowest BCUT2D eigenvalue weighted by Gasteiger charge is -2.58. The predicted molar refractivity (Wildman–Crippen MR) is 88.3 cm³/mol. The molecule has 3 aliphatic carbocycles. The third kappa shape index (κ3) is 1.77. The van der Waals surface area contributed by atoms with Gasteiger partial charge in [-0.2, -0.15) is 0 Å². The largest absolute Gasteiger partial charge is 0.351 e. The summed E-state index contributed by atoms with van der Waals surface area (Å²) in [6, 6.07) is -0.205. The summed E-state index contributed by atoms with van der Waals surface area (Å²) in [4.78, 5) is 13.8. The number of hydrogen-bond donors (Lipinski definition) is 1. The van der Waals surface area contributed by atoms with Crippen LogP contribution in [0.4, 0.5) is 4.79 Å². The van der Waals surface area contributed by atoms with Crippen LogP contribution in [0.15, 0.2) is 11.6 Å². The number of amides is 2. The first-order valence-corrected chi connectivity index (χ1v) is 9.23. The molecule has 0 aromatic heterocycles. The zero-order valence-electron chi connectivity index (χ0n) is 14.1. The minimum Gasteiger partial charge on any atom is -0.351 e. The van der Waals surface area contributed by atoms with Crippen molar-refractivity contribution in [2.45, 2.75) is 70.8 Å². The fourth-order valence-corrected chi connectivity index (χ4v) is 6.80. The molecule has 2 saturated carbocycles. The lowest BCUT2D eigenvalue weighted by molar-refractivity contribution is -0.0325. The minimum absolute atomic E-state index is 0.0270. The molecule has 122 valence electrons. The van der Waals surface area contributed by atoms with Gasteiger partial charge in [0.15, 0.2) is 0 Å². The number of fused-ring (bicyclic) bond motifs is 5. The van der Waals surface area contributed by atoms with Gasteiger partial charge in [0.2, 0.25) is 0 Å². The van der Waals surface area contributed by atoms with Crippen molar-refractivity contribution in [2.24, 2.45) is 28.9 Å². The molecular formula is C19H30N2O. The normalized spacial score (nSPS) is 47.3. The van der Waals surface area contributed by atoms with Crippen molar-refractivity contribution in [3.8, 4) is 0 Å². The maximum atomic E-state index is 11.9. The number of allylic oxidation sites excluding steroid dienone is 2. The van der Waals surface area contributed by atoms with Gasteiger partial charge < -0.3 is 10.6 Å². The number of nitrogens with two attached hydrogens (primary N) is 1. The van der Waals surface area contributed by atoms with E-state index in [0.717, 1.165) is 31.2 Å². The van der Waals surface area contributed by atoms with Crippen LogP contribution in [-0.2, 0) is 0 Å². The van der Waals surface area contributed by atoms with Gasteiger partial charge in [-0.05, 0) is 81.5 Å². The molecule has 3 nitrogen and oxygen atoms in total. The monoisotopic (exact) mass is 302 g/mol. The Balaban J connectivity index is 1.67. The predicted octanol–water partition coefficient (Wildman–Crippen LogP) is 4.08. The van der Waals surface area contributed by atoms with Gasteiger partial charge in [0.05, 0.1) is 0 Å². The van der Waals surface area contributed by atoms with Crippen molar-refractivity contribution >= 4 is 6.03 Å². The number of carbonyl (C=O) groups excluding carboxylic acids is 1. The Morgan fingerprint density at radius 3 is 2.82 bits per heavy atom. The van der Waals surface area contributed by atoms with Gasteiger partial charge in [0.1, 0.15) is 0 Å². The van der Waals surface area contributed by atoms with E-state index < -0.39 is 0 Å². The van der Waals surface area contributed by atoms with Gasteiger partial charge in [-0.15, -0.1) is 0 Å². The number of carbonyl (C=O) groups is 1. The van der Waals surface area contributed by atoms with Gasteiger partial charge in [0.25, 0.3) is 0 Å². The van der Waals surface area contributed by atoms with E-state index in [1.807, 2.05) is 4.90 Å². The lowest BCUT2D eigenvalue weighted by Crippen LogP contribution is -2.58. The van der Waals surface area contributed by atoms with Gasteiger partial charge >= 0.3 is 6.03 Å². The number of primary amides is 1. The minimum atomic E-state index is -0.205. The molecule has 4 aliphatic rings.